The number of nitrogen functional groups attached to an aromatic ring is 1. The number of pyridine rings is 1. The molecule has 3 nitrogen and oxygen atoms in total. The van der Waals surface area contributed by atoms with Gasteiger partial charge >= 0.3 is 0 Å². The number of ether oxygens (including phenoxy) is 1. The van der Waals surface area contributed by atoms with Gasteiger partial charge in [-0.25, -0.2) is 0 Å². The molecule has 0 spiro atoms. The lowest BCUT2D eigenvalue weighted by atomic mass is 10.1. The van der Waals surface area contributed by atoms with Crippen molar-refractivity contribution in [3.8, 4) is 5.75 Å². The molecule has 0 atom stereocenters. The van der Waals surface area contributed by atoms with E-state index in [1.165, 1.54) is 0 Å². The van der Waals surface area contributed by atoms with E-state index in [0.717, 1.165) is 28.3 Å². The Morgan fingerprint density at radius 2 is 2.00 bits per heavy atom. The second-order valence-corrected chi connectivity index (χ2v) is 4.08. The molecule has 0 aliphatic heterocycles. The lowest BCUT2D eigenvalue weighted by molar-refractivity contribution is 0.299. The van der Waals surface area contributed by atoms with Crippen LogP contribution in [0.5, 0.6) is 5.75 Å². The van der Waals surface area contributed by atoms with E-state index in [9.17, 15) is 0 Å². The maximum atomic E-state index is 5.83. The van der Waals surface area contributed by atoms with Crippen molar-refractivity contribution in [2.75, 3.05) is 5.73 Å². The number of hydrogen-bond acceptors (Lipinski definition) is 3. The predicted octanol–water partition coefficient (Wildman–Crippen LogP) is 2.86. The normalized spacial score (nSPS) is 10.2. The van der Waals surface area contributed by atoms with Crippen LogP contribution < -0.4 is 10.5 Å². The number of rotatable bonds is 3. The van der Waals surface area contributed by atoms with Crippen LogP contribution in [0.25, 0.3) is 0 Å². The van der Waals surface area contributed by atoms with Crippen molar-refractivity contribution >= 4 is 5.69 Å². The highest BCUT2D eigenvalue weighted by molar-refractivity contribution is 5.53. The zero-order chi connectivity index (χ0) is 12.3. The first-order valence-electron chi connectivity index (χ1n) is 5.56. The van der Waals surface area contributed by atoms with E-state index in [0.29, 0.717) is 6.61 Å². The summed E-state index contributed by atoms with van der Waals surface area (Å²) in [6.07, 6.45) is 1.76. The molecule has 3 heteroatoms. The van der Waals surface area contributed by atoms with Crippen molar-refractivity contribution < 1.29 is 4.74 Å². The van der Waals surface area contributed by atoms with Gasteiger partial charge in [-0.15, -0.1) is 0 Å². The van der Waals surface area contributed by atoms with Crippen molar-refractivity contribution in [3.63, 3.8) is 0 Å². The number of hydrogen-bond donors (Lipinski definition) is 1. The van der Waals surface area contributed by atoms with Crippen LogP contribution in [0, 0.1) is 13.8 Å². The molecule has 2 N–H and O–H groups in total. The fourth-order valence-electron chi connectivity index (χ4n) is 1.60. The molecule has 0 saturated heterocycles. The molecule has 0 aliphatic carbocycles. The summed E-state index contributed by atoms with van der Waals surface area (Å²) < 4.78 is 5.74. The van der Waals surface area contributed by atoms with Crippen LogP contribution >= 0.6 is 0 Å². The third-order valence-corrected chi connectivity index (χ3v) is 2.67. The van der Waals surface area contributed by atoms with Crippen LogP contribution in [0.2, 0.25) is 0 Å². The number of nitrogens with two attached hydrogens (primary N) is 1. The van der Waals surface area contributed by atoms with E-state index in [1.54, 1.807) is 6.20 Å². The minimum absolute atomic E-state index is 0.477. The summed E-state index contributed by atoms with van der Waals surface area (Å²) in [4.78, 5) is 4.21. The molecule has 0 amide bonds. The molecule has 2 aromatic rings. The van der Waals surface area contributed by atoms with Gasteiger partial charge in [0.2, 0.25) is 0 Å². The highest BCUT2D eigenvalue weighted by Gasteiger charge is 2.04. The minimum atomic E-state index is 0.477. The standard InChI is InChI=1S/C14H16N2O/c1-10-8-14(11(2)7-13(10)15)17-9-12-5-3-4-6-16-12/h3-8H,9,15H2,1-2H3. The molecule has 2 rings (SSSR count). The van der Waals surface area contributed by atoms with Crippen LogP contribution in [0.3, 0.4) is 0 Å². The molecule has 0 aliphatic rings. The fraction of sp³-hybridized carbons (Fsp3) is 0.214. The number of benzene rings is 1. The van der Waals surface area contributed by atoms with Crippen molar-refractivity contribution in [1.82, 2.24) is 4.98 Å². The van der Waals surface area contributed by atoms with Gasteiger partial charge in [0.15, 0.2) is 0 Å². The lowest BCUT2D eigenvalue weighted by Crippen LogP contribution is -2.00. The molecular weight excluding hydrogens is 212 g/mol. The molecular formula is C14H16N2O. The zero-order valence-electron chi connectivity index (χ0n) is 10.1. The molecule has 1 aromatic heterocycles. The van der Waals surface area contributed by atoms with E-state index >= 15 is 0 Å². The summed E-state index contributed by atoms with van der Waals surface area (Å²) >= 11 is 0. The van der Waals surface area contributed by atoms with E-state index in [-0.39, 0.29) is 0 Å². The maximum absolute atomic E-state index is 5.83. The second-order valence-electron chi connectivity index (χ2n) is 4.08. The average Bonchev–Trinajstić information content (AvgIpc) is 2.33. The Kier molecular flexibility index (Phi) is 3.28. The van der Waals surface area contributed by atoms with Gasteiger partial charge in [0.1, 0.15) is 12.4 Å². The quantitative estimate of drug-likeness (QED) is 0.822. The molecule has 0 fully saturated rings. The number of nitrogens with zero attached hydrogens (tertiary/aromatic N) is 1. The van der Waals surface area contributed by atoms with Crippen LogP contribution in [0.15, 0.2) is 36.5 Å². The SMILES string of the molecule is Cc1cc(OCc2ccccn2)c(C)cc1N. The molecule has 1 aromatic carbocycles. The molecule has 17 heavy (non-hydrogen) atoms. The molecule has 0 saturated carbocycles. The Hall–Kier alpha value is -2.03. The first-order valence-corrected chi connectivity index (χ1v) is 5.56. The molecule has 0 unspecified atom stereocenters. The number of aryl methyl sites for hydroxylation is 2. The van der Waals surface area contributed by atoms with Crippen LogP contribution in [-0.4, -0.2) is 4.98 Å². The van der Waals surface area contributed by atoms with Crippen LogP contribution in [0.4, 0.5) is 5.69 Å². The summed E-state index contributed by atoms with van der Waals surface area (Å²) in [5.41, 5.74) is 9.62. The first kappa shape index (κ1) is 11.5. The average molecular weight is 228 g/mol. The third-order valence-electron chi connectivity index (χ3n) is 2.67. The Labute approximate surface area is 101 Å². The summed E-state index contributed by atoms with van der Waals surface area (Å²) in [5.74, 6) is 0.863. The largest absolute Gasteiger partial charge is 0.487 e. The molecule has 0 radical (unpaired) electrons. The highest BCUT2D eigenvalue weighted by atomic mass is 16.5. The van der Waals surface area contributed by atoms with Gasteiger partial charge in [-0.1, -0.05) is 6.07 Å². The van der Waals surface area contributed by atoms with Gasteiger partial charge in [0.25, 0.3) is 0 Å². The third kappa shape index (κ3) is 2.75. The summed E-state index contributed by atoms with van der Waals surface area (Å²) in [6, 6.07) is 9.69. The topological polar surface area (TPSA) is 48.1 Å². The predicted molar refractivity (Wildman–Crippen MR) is 68.9 cm³/mol. The van der Waals surface area contributed by atoms with Gasteiger partial charge in [0, 0.05) is 11.9 Å². The Balaban J connectivity index is 2.12. The Bertz CT molecular complexity index is 509. The van der Waals surface area contributed by atoms with E-state index in [1.807, 2.05) is 44.2 Å². The van der Waals surface area contributed by atoms with Crippen LogP contribution in [0.1, 0.15) is 16.8 Å². The van der Waals surface area contributed by atoms with Gasteiger partial charge in [-0.3, -0.25) is 4.98 Å². The van der Waals surface area contributed by atoms with E-state index in [4.69, 9.17) is 10.5 Å². The Morgan fingerprint density at radius 1 is 1.18 bits per heavy atom. The number of aromatic nitrogens is 1. The van der Waals surface area contributed by atoms with Crippen molar-refractivity contribution in [3.05, 3.63) is 53.3 Å². The lowest BCUT2D eigenvalue weighted by Gasteiger charge is -2.11. The van der Waals surface area contributed by atoms with Crippen molar-refractivity contribution in [1.29, 1.82) is 0 Å². The summed E-state index contributed by atoms with van der Waals surface area (Å²) in [6.45, 7) is 4.44. The Morgan fingerprint density at radius 3 is 2.71 bits per heavy atom. The van der Waals surface area contributed by atoms with Gasteiger partial charge in [-0.05, 0) is 49.2 Å². The van der Waals surface area contributed by atoms with E-state index < -0.39 is 0 Å². The van der Waals surface area contributed by atoms with Gasteiger partial charge in [-0.2, -0.15) is 0 Å². The molecule has 0 bridgehead atoms. The number of anilines is 1. The first-order chi connectivity index (χ1) is 8.16. The highest BCUT2D eigenvalue weighted by Crippen LogP contribution is 2.24. The van der Waals surface area contributed by atoms with E-state index in [2.05, 4.69) is 4.98 Å². The minimum Gasteiger partial charge on any atom is -0.487 e. The second kappa shape index (κ2) is 4.87. The maximum Gasteiger partial charge on any atom is 0.130 e. The fourth-order valence-corrected chi connectivity index (χ4v) is 1.60. The summed E-state index contributed by atoms with van der Waals surface area (Å²) in [7, 11) is 0. The van der Waals surface area contributed by atoms with Crippen molar-refractivity contribution in [2.24, 2.45) is 0 Å². The molecule has 1 heterocycles. The van der Waals surface area contributed by atoms with Crippen molar-refractivity contribution in [2.45, 2.75) is 20.5 Å². The van der Waals surface area contributed by atoms with Gasteiger partial charge in [0.05, 0.1) is 5.69 Å². The van der Waals surface area contributed by atoms with Gasteiger partial charge < -0.3 is 10.5 Å². The molecule has 88 valence electrons. The van der Waals surface area contributed by atoms with Crippen LogP contribution in [-0.2, 0) is 6.61 Å². The zero-order valence-corrected chi connectivity index (χ0v) is 10.1. The monoisotopic (exact) mass is 228 g/mol. The smallest absolute Gasteiger partial charge is 0.130 e. The summed E-state index contributed by atoms with van der Waals surface area (Å²) in [5, 5.41) is 0.